The van der Waals surface area contributed by atoms with Crippen molar-refractivity contribution in [2.24, 2.45) is 0 Å². The first-order chi connectivity index (χ1) is 12.6. The number of hydrogen-bond donors (Lipinski definition) is 1. The van der Waals surface area contributed by atoms with Gasteiger partial charge in [-0.05, 0) is 30.2 Å². The summed E-state index contributed by atoms with van der Waals surface area (Å²) >= 11 is 0. The van der Waals surface area contributed by atoms with Crippen LogP contribution in [0, 0.1) is 0 Å². The monoisotopic (exact) mass is 370 g/mol. The molecule has 0 aliphatic carbocycles. The van der Waals surface area contributed by atoms with E-state index >= 15 is 0 Å². The molecule has 0 radical (unpaired) electrons. The zero-order chi connectivity index (χ0) is 18.0. The molecular formula is C17H18N6O2S. The van der Waals surface area contributed by atoms with Gasteiger partial charge in [0.15, 0.2) is 5.65 Å². The third kappa shape index (κ3) is 3.73. The molecule has 1 atom stereocenters. The third-order valence-electron chi connectivity index (χ3n) is 4.23. The maximum absolute atomic E-state index is 12.3. The number of hydrogen-bond acceptors (Lipinski definition) is 6. The SMILES string of the molecule is O=S(=O)(/C=C/c1ccccc1)NC1CCN(c2ccc3nncn3n2)C1. The van der Waals surface area contributed by atoms with Crippen molar-refractivity contribution >= 4 is 27.6 Å². The first kappa shape index (κ1) is 16.7. The Morgan fingerprint density at radius 1 is 1.15 bits per heavy atom. The summed E-state index contributed by atoms with van der Waals surface area (Å²) in [5.41, 5.74) is 1.52. The lowest BCUT2D eigenvalue weighted by Gasteiger charge is -2.17. The molecule has 1 unspecified atom stereocenters. The summed E-state index contributed by atoms with van der Waals surface area (Å²) in [6.45, 7) is 1.30. The van der Waals surface area contributed by atoms with Crippen LogP contribution in [0.1, 0.15) is 12.0 Å². The second kappa shape index (κ2) is 6.85. The van der Waals surface area contributed by atoms with Crippen LogP contribution in [-0.2, 0) is 10.0 Å². The van der Waals surface area contributed by atoms with Gasteiger partial charge in [0.05, 0.1) is 0 Å². The van der Waals surface area contributed by atoms with Crippen LogP contribution in [0.5, 0.6) is 0 Å². The Morgan fingerprint density at radius 2 is 2.00 bits per heavy atom. The topological polar surface area (TPSA) is 92.5 Å². The minimum Gasteiger partial charge on any atom is -0.354 e. The molecule has 2 aromatic heterocycles. The van der Waals surface area contributed by atoms with E-state index in [1.165, 1.54) is 5.41 Å². The molecule has 0 saturated carbocycles. The average Bonchev–Trinajstić information content (AvgIpc) is 3.29. The van der Waals surface area contributed by atoms with Crippen molar-refractivity contribution in [3.05, 3.63) is 59.8 Å². The van der Waals surface area contributed by atoms with Crippen LogP contribution in [0.2, 0.25) is 0 Å². The lowest BCUT2D eigenvalue weighted by Crippen LogP contribution is -2.36. The summed E-state index contributed by atoms with van der Waals surface area (Å²) in [4.78, 5) is 2.05. The van der Waals surface area contributed by atoms with Gasteiger partial charge in [-0.15, -0.1) is 15.3 Å². The maximum atomic E-state index is 12.3. The van der Waals surface area contributed by atoms with Gasteiger partial charge < -0.3 is 4.90 Å². The van der Waals surface area contributed by atoms with Gasteiger partial charge in [0, 0.05) is 24.5 Å². The summed E-state index contributed by atoms with van der Waals surface area (Å²) < 4.78 is 28.9. The van der Waals surface area contributed by atoms with E-state index in [1.54, 1.807) is 16.9 Å². The van der Waals surface area contributed by atoms with Crippen molar-refractivity contribution in [3.63, 3.8) is 0 Å². The zero-order valence-corrected chi connectivity index (χ0v) is 14.7. The molecule has 0 bridgehead atoms. The fourth-order valence-corrected chi connectivity index (χ4v) is 4.03. The molecule has 1 aliphatic heterocycles. The normalized spacial score (nSPS) is 18.2. The second-order valence-electron chi connectivity index (χ2n) is 6.13. The lowest BCUT2D eigenvalue weighted by atomic mass is 10.2. The van der Waals surface area contributed by atoms with Crippen LogP contribution in [0.4, 0.5) is 5.82 Å². The average molecular weight is 370 g/mol. The number of anilines is 1. The van der Waals surface area contributed by atoms with Crippen molar-refractivity contribution in [2.75, 3.05) is 18.0 Å². The van der Waals surface area contributed by atoms with Crippen LogP contribution >= 0.6 is 0 Å². The summed E-state index contributed by atoms with van der Waals surface area (Å²) in [5, 5.41) is 13.4. The second-order valence-corrected chi connectivity index (χ2v) is 7.73. The molecule has 9 heteroatoms. The van der Waals surface area contributed by atoms with E-state index in [9.17, 15) is 8.42 Å². The minimum atomic E-state index is -3.50. The van der Waals surface area contributed by atoms with Gasteiger partial charge in [-0.25, -0.2) is 13.1 Å². The number of fused-ring (bicyclic) bond motifs is 1. The third-order valence-corrected chi connectivity index (χ3v) is 5.39. The summed E-state index contributed by atoms with van der Waals surface area (Å²) in [6.07, 6.45) is 3.86. The predicted molar refractivity (Wildman–Crippen MR) is 98.9 cm³/mol. The lowest BCUT2D eigenvalue weighted by molar-refractivity contribution is 0.570. The van der Waals surface area contributed by atoms with Gasteiger partial charge in [0.1, 0.15) is 12.1 Å². The highest BCUT2D eigenvalue weighted by molar-refractivity contribution is 7.92. The number of nitrogens with one attached hydrogen (secondary N) is 1. The highest BCUT2D eigenvalue weighted by Gasteiger charge is 2.26. The van der Waals surface area contributed by atoms with Crippen molar-refractivity contribution in [3.8, 4) is 0 Å². The number of benzene rings is 1. The van der Waals surface area contributed by atoms with Crippen molar-refractivity contribution in [2.45, 2.75) is 12.5 Å². The molecular weight excluding hydrogens is 352 g/mol. The largest absolute Gasteiger partial charge is 0.354 e. The van der Waals surface area contributed by atoms with Crippen molar-refractivity contribution in [1.82, 2.24) is 24.5 Å². The Morgan fingerprint density at radius 3 is 2.85 bits per heavy atom. The number of rotatable bonds is 5. The van der Waals surface area contributed by atoms with E-state index in [0.29, 0.717) is 12.2 Å². The fourth-order valence-electron chi connectivity index (χ4n) is 2.96. The van der Waals surface area contributed by atoms with E-state index in [2.05, 4.69) is 20.0 Å². The zero-order valence-electron chi connectivity index (χ0n) is 13.9. The van der Waals surface area contributed by atoms with Crippen LogP contribution in [-0.4, -0.2) is 47.4 Å². The van der Waals surface area contributed by atoms with Gasteiger partial charge in [0.25, 0.3) is 0 Å². The highest BCUT2D eigenvalue weighted by Crippen LogP contribution is 2.19. The Labute approximate surface area is 151 Å². The molecule has 1 N–H and O–H groups in total. The Bertz CT molecular complexity index is 1030. The maximum Gasteiger partial charge on any atom is 0.234 e. The smallest absolute Gasteiger partial charge is 0.234 e. The minimum absolute atomic E-state index is 0.154. The first-order valence-electron chi connectivity index (χ1n) is 8.26. The van der Waals surface area contributed by atoms with Crippen molar-refractivity contribution in [1.29, 1.82) is 0 Å². The van der Waals surface area contributed by atoms with Crippen LogP contribution < -0.4 is 9.62 Å². The van der Waals surface area contributed by atoms with Gasteiger partial charge >= 0.3 is 0 Å². The molecule has 1 saturated heterocycles. The molecule has 8 nitrogen and oxygen atoms in total. The molecule has 3 aromatic rings. The van der Waals surface area contributed by atoms with E-state index in [1.807, 2.05) is 47.4 Å². The predicted octanol–water partition coefficient (Wildman–Crippen LogP) is 1.29. The van der Waals surface area contributed by atoms with Crippen molar-refractivity contribution < 1.29 is 8.42 Å². The Kier molecular flexibility index (Phi) is 4.39. The number of sulfonamides is 1. The fraction of sp³-hybridized carbons (Fsp3) is 0.235. The van der Waals surface area contributed by atoms with Crippen LogP contribution in [0.25, 0.3) is 11.7 Å². The van der Waals surface area contributed by atoms with E-state index < -0.39 is 10.0 Å². The molecule has 0 spiro atoms. The molecule has 134 valence electrons. The van der Waals surface area contributed by atoms with E-state index in [4.69, 9.17) is 0 Å². The molecule has 26 heavy (non-hydrogen) atoms. The van der Waals surface area contributed by atoms with Gasteiger partial charge in [-0.1, -0.05) is 30.3 Å². The standard InChI is InChI=1S/C17H18N6O2S/c24-26(25,11-9-14-4-2-1-3-5-14)21-15-8-10-22(12-15)17-7-6-16-19-18-13-23(16)20-17/h1-7,9,11,13,15,21H,8,10,12H2/b11-9+. The van der Waals surface area contributed by atoms with E-state index in [0.717, 1.165) is 24.3 Å². The van der Waals surface area contributed by atoms with Crippen LogP contribution in [0.3, 0.4) is 0 Å². The molecule has 1 fully saturated rings. The number of nitrogens with zero attached hydrogens (tertiary/aromatic N) is 5. The van der Waals surface area contributed by atoms with Gasteiger partial charge in [0.2, 0.25) is 10.0 Å². The summed E-state index contributed by atoms with van der Waals surface area (Å²) in [5.74, 6) is 0.777. The van der Waals surface area contributed by atoms with Gasteiger partial charge in [-0.2, -0.15) is 4.52 Å². The van der Waals surface area contributed by atoms with E-state index in [-0.39, 0.29) is 6.04 Å². The number of aromatic nitrogens is 4. The molecule has 1 aliphatic rings. The first-order valence-corrected chi connectivity index (χ1v) is 9.81. The molecule has 3 heterocycles. The quantitative estimate of drug-likeness (QED) is 0.728. The van der Waals surface area contributed by atoms with Crippen LogP contribution in [0.15, 0.2) is 54.2 Å². The molecule has 0 amide bonds. The summed E-state index contributed by atoms with van der Waals surface area (Å²) in [7, 11) is -3.50. The summed E-state index contributed by atoms with van der Waals surface area (Å²) in [6, 6.07) is 12.9. The highest BCUT2D eigenvalue weighted by atomic mass is 32.2. The Hall–Kier alpha value is -2.78. The Balaban J connectivity index is 1.41. The molecule has 4 rings (SSSR count). The van der Waals surface area contributed by atoms with Gasteiger partial charge in [-0.3, -0.25) is 0 Å². The molecule has 1 aromatic carbocycles.